The molecule has 1 atom stereocenters. The van der Waals surface area contributed by atoms with Crippen LogP contribution in [0.4, 0.5) is 0 Å². The molecule has 0 spiro atoms. The molecule has 0 saturated heterocycles. The zero-order chi connectivity index (χ0) is 18.3. The predicted octanol–water partition coefficient (Wildman–Crippen LogP) is 6.47. The quantitative estimate of drug-likeness (QED) is 0.294. The van der Waals surface area contributed by atoms with Gasteiger partial charge in [0.25, 0.3) is 0 Å². The fourth-order valence-electron chi connectivity index (χ4n) is 3.12. The van der Waals surface area contributed by atoms with Crippen molar-refractivity contribution in [1.29, 1.82) is 0 Å². The molecule has 0 aliphatic heterocycles. The molecule has 0 aliphatic carbocycles. The Morgan fingerprint density at radius 1 is 0.960 bits per heavy atom. The number of unbranched alkanes of at least 4 members (excludes halogenated alkanes) is 6. The molecule has 0 aromatic heterocycles. The number of nitrogens with zero attached hydrogens (tertiary/aromatic N) is 1. The Labute approximate surface area is 156 Å². The third-order valence-electron chi connectivity index (χ3n) is 4.81. The Kier molecular flexibility index (Phi) is 11.8. The van der Waals surface area contributed by atoms with Gasteiger partial charge in [0, 0.05) is 0 Å². The minimum Gasteiger partial charge on any atom is -0.287 e. The summed E-state index contributed by atoms with van der Waals surface area (Å²) in [5.41, 5.74) is 2.56. The first-order valence-corrected chi connectivity index (χ1v) is 10.2. The molecule has 0 bridgehead atoms. The molecule has 25 heavy (non-hydrogen) atoms. The minimum atomic E-state index is 0.0999. The third-order valence-corrected chi connectivity index (χ3v) is 4.81. The van der Waals surface area contributed by atoms with E-state index < -0.39 is 0 Å². The van der Waals surface area contributed by atoms with Crippen molar-refractivity contribution in [2.75, 3.05) is 13.1 Å². The molecular formula is C24H37N. The van der Waals surface area contributed by atoms with Gasteiger partial charge in [-0.05, 0) is 44.0 Å². The second-order valence-electron chi connectivity index (χ2n) is 6.98. The summed E-state index contributed by atoms with van der Waals surface area (Å²) < 4.78 is 0. The summed E-state index contributed by atoms with van der Waals surface area (Å²) in [6.45, 7) is 8.89. The molecule has 0 fully saturated rings. The molecule has 1 unspecified atom stereocenters. The standard InChI is InChI=1S/C24H37N/c1-5-8-10-14-20-25(21-15-11-9-6-2)24(7-3)19-18-23-17-13-12-16-22(23)4/h3,12-13,16-19,24H,5-6,8-11,14-15,20-21H2,1-2,4H3. The largest absolute Gasteiger partial charge is 0.287 e. The van der Waals surface area contributed by atoms with Gasteiger partial charge in [0.05, 0.1) is 6.04 Å². The van der Waals surface area contributed by atoms with E-state index in [1.54, 1.807) is 0 Å². The zero-order valence-corrected chi connectivity index (χ0v) is 16.6. The fraction of sp³-hybridized carbons (Fsp3) is 0.583. The number of hydrogen-bond acceptors (Lipinski definition) is 1. The van der Waals surface area contributed by atoms with E-state index in [1.165, 1.54) is 62.5 Å². The first-order valence-electron chi connectivity index (χ1n) is 10.2. The van der Waals surface area contributed by atoms with Crippen LogP contribution in [0.3, 0.4) is 0 Å². The van der Waals surface area contributed by atoms with Crippen molar-refractivity contribution in [1.82, 2.24) is 4.90 Å². The maximum absolute atomic E-state index is 5.89. The average molecular weight is 340 g/mol. The second-order valence-corrected chi connectivity index (χ2v) is 6.98. The van der Waals surface area contributed by atoms with Gasteiger partial charge in [-0.2, -0.15) is 0 Å². The van der Waals surface area contributed by atoms with Crippen molar-refractivity contribution in [2.24, 2.45) is 0 Å². The van der Waals surface area contributed by atoms with E-state index in [0.29, 0.717) is 0 Å². The van der Waals surface area contributed by atoms with Crippen molar-refractivity contribution in [2.45, 2.75) is 78.2 Å². The fourth-order valence-corrected chi connectivity index (χ4v) is 3.12. The summed E-state index contributed by atoms with van der Waals surface area (Å²) in [6, 6.07) is 8.58. The summed E-state index contributed by atoms with van der Waals surface area (Å²) in [4.78, 5) is 2.50. The minimum absolute atomic E-state index is 0.0999. The number of terminal acetylenes is 1. The van der Waals surface area contributed by atoms with Crippen molar-refractivity contribution in [3.63, 3.8) is 0 Å². The smallest absolute Gasteiger partial charge is 0.0901 e. The van der Waals surface area contributed by atoms with E-state index in [9.17, 15) is 0 Å². The van der Waals surface area contributed by atoms with E-state index in [4.69, 9.17) is 6.42 Å². The van der Waals surface area contributed by atoms with Gasteiger partial charge < -0.3 is 0 Å². The molecule has 1 rings (SSSR count). The van der Waals surface area contributed by atoms with Crippen LogP contribution in [0.25, 0.3) is 6.08 Å². The average Bonchev–Trinajstić information content (AvgIpc) is 2.63. The normalized spacial score (nSPS) is 12.6. The molecule has 1 aromatic rings. The maximum Gasteiger partial charge on any atom is 0.0901 e. The molecule has 0 radical (unpaired) electrons. The lowest BCUT2D eigenvalue weighted by atomic mass is 10.1. The first kappa shape index (κ1) is 21.5. The second kappa shape index (κ2) is 13.7. The van der Waals surface area contributed by atoms with Crippen LogP contribution >= 0.6 is 0 Å². The van der Waals surface area contributed by atoms with Gasteiger partial charge in [-0.15, -0.1) is 6.42 Å². The highest BCUT2D eigenvalue weighted by Crippen LogP contribution is 2.13. The summed E-state index contributed by atoms with van der Waals surface area (Å²) in [7, 11) is 0. The van der Waals surface area contributed by atoms with Crippen LogP contribution < -0.4 is 0 Å². The van der Waals surface area contributed by atoms with Gasteiger partial charge in [0.1, 0.15) is 0 Å². The highest BCUT2D eigenvalue weighted by Gasteiger charge is 2.12. The van der Waals surface area contributed by atoms with Crippen LogP contribution in [-0.2, 0) is 0 Å². The summed E-state index contributed by atoms with van der Waals surface area (Å²) in [5, 5.41) is 0. The Morgan fingerprint density at radius 2 is 1.56 bits per heavy atom. The van der Waals surface area contributed by atoms with Crippen molar-refractivity contribution in [3.8, 4) is 12.3 Å². The predicted molar refractivity (Wildman–Crippen MR) is 113 cm³/mol. The van der Waals surface area contributed by atoms with Crippen LogP contribution in [0.5, 0.6) is 0 Å². The molecule has 0 N–H and O–H groups in total. The number of aryl methyl sites for hydroxylation is 1. The van der Waals surface area contributed by atoms with Crippen molar-refractivity contribution >= 4 is 6.08 Å². The molecule has 1 heteroatoms. The van der Waals surface area contributed by atoms with Crippen LogP contribution in [0.15, 0.2) is 30.3 Å². The Bertz CT molecular complexity index is 511. The third kappa shape index (κ3) is 8.94. The van der Waals surface area contributed by atoms with Gasteiger partial charge >= 0.3 is 0 Å². The maximum atomic E-state index is 5.89. The first-order chi connectivity index (χ1) is 12.2. The highest BCUT2D eigenvalue weighted by atomic mass is 15.1. The molecule has 1 aromatic carbocycles. The van der Waals surface area contributed by atoms with Crippen molar-refractivity contribution < 1.29 is 0 Å². The lowest BCUT2D eigenvalue weighted by molar-refractivity contribution is 0.252. The summed E-state index contributed by atoms with van der Waals surface area (Å²) >= 11 is 0. The molecule has 138 valence electrons. The SMILES string of the molecule is C#CC(C=Cc1ccccc1C)N(CCCCCC)CCCCCC. The van der Waals surface area contributed by atoms with Crippen molar-refractivity contribution in [3.05, 3.63) is 41.5 Å². The van der Waals surface area contributed by atoms with E-state index in [-0.39, 0.29) is 6.04 Å². The number of rotatable bonds is 13. The van der Waals surface area contributed by atoms with E-state index >= 15 is 0 Å². The highest BCUT2D eigenvalue weighted by molar-refractivity contribution is 5.54. The van der Waals surface area contributed by atoms with Gasteiger partial charge in [0.15, 0.2) is 0 Å². The molecule has 1 nitrogen and oxygen atoms in total. The Morgan fingerprint density at radius 3 is 2.08 bits per heavy atom. The lowest BCUT2D eigenvalue weighted by Crippen LogP contribution is -2.34. The number of benzene rings is 1. The lowest BCUT2D eigenvalue weighted by Gasteiger charge is -2.26. The monoisotopic (exact) mass is 339 g/mol. The van der Waals surface area contributed by atoms with Gasteiger partial charge in [-0.25, -0.2) is 0 Å². The van der Waals surface area contributed by atoms with Crippen LogP contribution in [0.1, 0.15) is 76.3 Å². The zero-order valence-electron chi connectivity index (χ0n) is 16.6. The van der Waals surface area contributed by atoms with Gasteiger partial charge in [0.2, 0.25) is 0 Å². The Balaban J connectivity index is 2.69. The molecular weight excluding hydrogens is 302 g/mol. The number of hydrogen-bond donors (Lipinski definition) is 0. The van der Waals surface area contributed by atoms with Gasteiger partial charge in [-0.3, -0.25) is 4.90 Å². The molecule has 0 amide bonds. The molecule has 0 saturated carbocycles. The Hall–Kier alpha value is -1.52. The van der Waals surface area contributed by atoms with E-state index in [2.05, 4.69) is 68.0 Å². The summed E-state index contributed by atoms with van der Waals surface area (Å²) in [6.07, 6.45) is 20.6. The van der Waals surface area contributed by atoms with Crippen LogP contribution in [0.2, 0.25) is 0 Å². The van der Waals surface area contributed by atoms with E-state index in [0.717, 1.165) is 13.1 Å². The van der Waals surface area contributed by atoms with E-state index in [1.807, 2.05) is 0 Å². The van der Waals surface area contributed by atoms with Crippen LogP contribution in [-0.4, -0.2) is 24.0 Å². The summed E-state index contributed by atoms with van der Waals surface area (Å²) in [5.74, 6) is 3.01. The molecule has 0 aliphatic rings. The molecule has 0 heterocycles. The van der Waals surface area contributed by atoms with Crippen LogP contribution in [0, 0.1) is 19.3 Å². The van der Waals surface area contributed by atoms with Gasteiger partial charge in [-0.1, -0.05) is 94.7 Å². The topological polar surface area (TPSA) is 3.24 Å².